The molecule has 34 heteroatoms. The molecule has 676 valence electrons. The van der Waals surface area contributed by atoms with Gasteiger partial charge in [-0.25, -0.2) is 9.59 Å². The van der Waals surface area contributed by atoms with Crippen LogP contribution in [0.3, 0.4) is 0 Å². The highest BCUT2D eigenvalue weighted by Gasteiger charge is 2.68. The van der Waals surface area contributed by atoms with E-state index in [-0.39, 0.29) is 193 Å². The molecule has 10 fully saturated rings. The lowest BCUT2D eigenvalue weighted by Gasteiger charge is -2.47. The van der Waals surface area contributed by atoms with Gasteiger partial charge >= 0.3 is 12.1 Å². The van der Waals surface area contributed by atoms with E-state index in [1.807, 2.05) is 0 Å². The normalized spacial score (nSPS) is 30.1. The number of primary amides is 1. The van der Waals surface area contributed by atoms with Crippen LogP contribution in [-0.2, 0) is 121 Å². The van der Waals surface area contributed by atoms with E-state index in [1.165, 1.54) is 12.2 Å². The van der Waals surface area contributed by atoms with Gasteiger partial charge in [0, 0.05) is 127 Å². The number of hydrogen-bond acceptors (Lipinski definition) is 27. The molecule has 1 spiro atoms. The number of carbonyl (C=O) groups is 9. The molecule has 1 aliphatic carbocycles. The number of aliphatic hydroxyl groups excluding tert-OH is 1. The topological polar surface area (TPSA) is 420 Å². The number of methoxy groups -OCH3 is 1. The van der Waals surface area contributed by atoms with Crippen LogP contribution in [0.5, 0.6) is 0 Å². The summed E-state index contributed by atoms with van der Waals surface area (Å²) in [6, 6.07) is 4.99. The molecule has 12 rings (SSSR count). The maximum absolute atomic E-state index is 14.6. The molecule has 1 saturated carbocycles. The average Bonchev–Trinajstić information content (AvgIpc) is 1.55. The second-order valence-corrected chi connectivity index (χ2v) is 33.9. The number of alkyl carbamates (subject to hydrolysis) is 1. The number of nitrogens with one attached hydrogen (secondary N) is 5. The van der Waals surface area contributed by atoms with E-state index in [2.05, 4.69) is 46.7 Å². The number of ether oxygens (including phenoxy) is 17. The molecule has 34 nitrogen and oxygen atoms in total. The molecule has 8 N–H and O–H groups in total. The van der Waals surface area contributed by atoms with Gasteiger partial charge in [0.05, 0.1) is 191 Å². The lowest BCUT2D eigenvalue weighted by molar-refractivity contribution is -0.281. The van der Waals surface area contributed by atoms with E-state index < -0.39 is 83.8 Å². The van der Waals surface area contributed by atoms with Gasteiger partial charge in [0.15, 0.2) is 11.6 Å². The van der Waals surface area contributed by atoms with Crippen LogP contribution in [0.15, 0.2) is 60.7 Å². The van der Waals surface area contributed by atoms with Gasteiger partial charge in [-0.2, -0.15) is 0 Å². The number of urea groups is 1. The number of hydrogen-bond donors (Lipinski definition) is 7. The van der Waals surface area contributed by atoms with Gasteiger partial charge in [0.1, 0.15) is 18.5 Å². The van der Waals surface area contributed by atoms with E-state index in [1.54, 1.807) is 45.2 Å². The van der Waals surface area contributed by atoms with Crippen molar-refractivity contribution in [3.63, 3.8) is 0 Å². The van der Waals surface area contributed by atoms with Crippen molar-refractivity contribution < 1.29 is 129 Å². The summed E-state index contributed by atoms with van der Waals surface area (Å²) in [5.41, 5.74) is 8.37. The zero-order valence-electron chi connectivity index (χ0n) is 70.9. The van der Waals surface area contributed by atoms with Gasteiger partial charge < -0.3 is 118 Å². The quantitative estimate of drug-likeness (QED) is 0.0246. The summed E-state index contributed by atoms with van der Waals surface area (Å²) in [5, 5.41) is 25.2. The zero-order valence-corrected chi connectivity index (χ0v) is 70.9. The fourth-order valence-corrected chi connectivity index (χ4v) is 18.4. The highest BCUT2D eigenvalue weighted by molar-refractivity contribution is 6.13. The van der Waals surface area contributed by atoms with Gasteiger partial charge in [0.2, 0.25) is 17.7 Å². The Morgan fingerprint density at radius 2 is 1.26 bits per heavy atom. The summed E-state index contributed by atoms with van der Waals surface area (Å²) in [4.78, 5) is 117. The standard InChI is InChI=1S/C87H131N7O27/c1-53(2)78(93-75(99)21-26-106-28-30-108-32-34-110-36-38-112-40-41-113-39-37-111-35-33-109-31-29-107-27-24-89-74(98)20-25-94-76(100)17-18-77(94)101)68(97)45-59(8-7-23-90-85(88)103)84(102)92-60-12-9-57(10-13-60)52-114-86(104)91-51-62(96)48-72-80(105-6)66-47-61(95)46-64-14-11-58-44-67-81-73-50-87(120-81,121-83(79(58)117-64)82(67)119-73)22-19-65-43-55(4)69(115-65)16-15-63-42-54(3)56(5)70(116-63)49-71(66)118-72/h9-10,12-13,17-18,53-54,58-59,62-67,69-73,78-83,96H,4-5,7-8,11,14-16,19-52H2,1-3,6H3,(H,89,98)(H,91,104)(H,92,102)(H,93,99)(H3,88,90,103)/t54-,58-,59-,62+,63+,64-,65+,66+,67?,69+,70-,71+,72-,73-,78+,79+,80-,81-,82-,83+,87+/m1/s1. The van der Waals surface area contributed by atoms with Crippen LogP contribution in [0.2, 0.25) is 0 Å². The summed E-state index contributed by atoms with van der Waals surface area (Å²) >= 11 is 0. The molecule has 1 unspecified atom stereocenters. The van der Waals surface area contributed by atoms with Crippen LogP contribution >= 0.6 is 0 Å². The number of amides is 8. The highest BCUT2D eigenvalue weighted by atomic mass is 16.8. The Hall–Kier alpha value is -6.81. The van der Waals surface area contributed by atoms with Crippen molar-refractivity contribution >= 4 is 58.9 Å². The summed E-state index contributed by atoms with van der Waals surface area (Å²) in [6.07, 6.45) is 6.35. The highest BCUT2D eigenvalue weighted by Crippen LogP contribution is 2.58. The molecular formula is C87H131N7O27. The molecule has 11 aliphatic rings. The molecule has 0 radical (unpaired) electrons. The van der Waals surface area contributed by atoms with Crippen molar-refractivity contribution in [1.29, 1.82) is 0 Å². The van der Waals surface area contributed by atoms with Crippen molar-refractivity contribution in [1.82, 2.24) is 26.2 Å². The Kier molecular flexibility index (Phi) is 37.7. The number of Topliss-reactive ketones (excluding diaryl/α,β-unsaturated/α-hetero) is 2. The van der Waals surface area contributed by atoms with Crippen molar-refractivity contribution in [3.05, 3.63) is 66.3 Å². The summed E-state index contributed by atoms with van der Waals surface area (Å²) in [6.45, 7) is 20.3. The first-order chi connectivity index (χ1) is 58.5. The Labute approximate surface area is 709 Å². The molecule has 10 aliphatic heterocycles. The first kappa shape index (κ1) is 94.9. The molecule has 21 atom stereocenters. The summed E-state index contributed by atoms with van der Waals surface area (Å²) < 4.78 is 105. The molecule has 121 heavy (non-hydrogen) atoms. The lowest BCUT2D eigenvalue weighted by Crippen LogP contribution is -2.56. The minimum atomic E-state index is -1.09. The van der Waals surface area contributed by atoms with Crippen molar-refractivity contribution in [2.75, 3.05) is 144 Å². The van der Waals surface area contributed by atoms with Gasteiger partial charge in [-0.05, 0) is 111 Å². The van der Waals surface area contributed by atoms with Gasteiger partial charge in [-0.15, -0.1) is 0 Å². The smallest absolute Gasteiger partial charge is 0.407 e. The third-order valence-electron chi connectivity index (χ3n) is 24.7. The lowest BCUT2D eigenvalue weighted by atomic mass is 9.70. The van der Waals surface area contributed by atoms with E-state index in [0.29, 0.717) is 129 Å². The Morgan fingerprint density at radius 1 is 0.628 bits per heavy atom. The number of benzene rings is 1. The first-order valence-electron chi connectivity index (χ1n) is 43.8. The van der Waals surface area contributed by atoms with Crippen LogP contribution in [0.1, 0.15) is 148 Å². The van der Waals surface area contributed by atoms with Gasteiger partial charge in [-0.1, -0.05) is 46.1 Å². The molecule has 9 saturated heterocycles. The first-order valence-corrected chi connectivity index (χ1v) is 43.8. The number of aliphatic hydroxyl groups is 1. The third kappa shape index (κ3) is 28.6. The predicted octanol–water partition coefficient (Wildman–Crippen LogP) is 5.33. The second kappa shape index (κ2) is 48.1. The van der Waals surface area contributed by atoms with Crippen molar-refractivity contribution in [2.45, 2.75) is 247 Å². The molecule has 8 amide bonds. The van der Waals surface area contributed by atoms with Crippen LogP contribution in [-0.4, -0.2) is 300 Å². The predicted molar refractivity (Wildman–Crippen MR) is 435 cm³/mol. The maximum Gasteiger partial charge on any atom is 0.407 e. The zero-order chi connectivity index (χ0) is 85.8. The van der Waals surface area contributed by atoms with Crippen LogP contribution < -0.4 is 32.3 Å². The maximum atomic E-state index is 14.6. The van der Waals surface area contributed by atoms with E-state index in [0.717, 1.165) is 67.4 Å². The monoisotopic (exact) mass is 1710 g/mol. The van der Waals surface area contributed by atoms with Crippen molar-refractivity contribution in [2.24, 2.45) is 41.2 Å². The van der Waals surface area contributed by atoms with E-state index in [9.17, 15) is 48.3 Å². The fraction of sp³-hybridized carbons (Fsp3) is 0.759. The molecule has 1 aromatic rings. The van der Waals surface area contributed by atoms with Gasteiger partial charge in [-0.3, -0.25) is 38.5 Å². The van der Waals surface area contributed by atoms with E-state index in [4.69, 9.17) is 86.3 Å². The minimum absolute atomic E-state index is 0.000576. The minimum Gasteiger partial charge on any atom is -0.445 e. The Morgan fingerprint density at radius 3 is 1.91 bits per heavy atom. The number of rotatable bonds is 48. The molecule has 0 aromatic heterocycles. The third-order valence-corrected chi connectivity index (χ3v) is 24.7. The number of carbonyl (C=O) groups excluding carboxylic acids is 9. The number of anilines is 1. The number of nitrogens with zero attached hydrogens (tertiary/aromatic N) is 1. The number of fused-ring (bicyclic) bond motifs is 6. The molecule has 10 heterocycles. The van der Waals surface area contributed by atoms with Crippen LogP contribution in [0.4, 0.5) is 15.3 Å². The van der Waals surface area contributed by atoms with E-state index >= 15 is 0 Å². The molecule has 12 bridgehead atoms. The number of imide groups is 1. The van der Waals surface area contributed by atoms with Crippen molar-refractivity contribution in [3.8, 4) is 0 Å². The Bertz CT molecular complexity index is 3580. The molecule has 1 aromatic carbocycles. The SMILES string of the molecule is C=C1C[C@@H]2CC[C@@]34C[C@H]5O[C@@H]6C(C[C@H]7CC[C@H](CC(=O)C[C@@H]8[C@@H](OC)[C@@H](C[C@H](O)CNC(=O)OCc9ccc(NC(=O)[C@H](CCCNC(N)=O)CC(=O)[C@@H](NC(=O)CCOCCOCCOCCOCCOCCOCCOCCOCCNC(=O)CCN%10C(=O)C=CC%10=O)C(C)C)cc9)O[C@H]8C[C@H]8O[C@@H](CC[C@@H]1O2)C[C@@H](C)C8=C)O[C@@H]7[C@@H]6O3)[C@H]5O4. The largest absolute Gasteiger partial charge is 0.445 e. The Balaban J connectivity index is 0.544. The summed E-state index contributed by atoms with van der Waals surface area (Å²) in [5.74, 6) is -3.97. The van der Waals surface area contributed by atoms with Gasteiger partial charge in [0.25, 0.3) is 11.8 Å². The van der Waals surface area contributed by atoms with Crippen LogP contribution in [0, 0.1) is 35.5 Å². The number of ketones is 2. The average molecular weight is 1710 g/mol. The second-order valence-electron chi connectivity index (χ2n) is 33.9. The number of nitrogens with two attached hydrogens (primary N) is 1. The fourth-order valence-electron chi connectivity index (χ4n) is 18.4. The molecular weight excluding hydrogens is 1570 g/mol. The van der Waals surface area contributed by atoms with Crippen LogP contribution in [0.25, 0.3) is 0 Å². The summed E-state index contributed by atoms with van der Waals surface area (Å²) in [7, 11) is 1.60.